The minimum atomic E-state index is -0.193. The van der Waals surface area contributed by atoms with E-state index < -0.39 is 0 Å². The van der Waals surface area contributed by atoms with Gasteiger partial charge < -0.3 is 11.1 Å². The van der Waals surface area contributed by atoms with Crippen molar-refractivity contribution in [2.24, 2.45) is 0 Å². The summed E-state index contributed by atoms with van der Waals surface area (Å²) in [6, 6.07) is 3.74. The summed E-state index contributed by atoms with van der Waals surface area (Å²) in [5.41, 5.74) is 7.97. The summed E-state index contributed by atoms with van der Waals surface area (Å²) in [5, 5.41) is 15.6. The minimum Gasteiger partial charge on any atom is -0.383 e. The number of nitriles is 1. The Balaban J connectivity index is 1.49. The Morgan fingerprint density at radius 1 is 1.38 bits per heavy atom. The molecule has 9 heteroatoms. The van der Waals surface area contributed by atoms with Gasteiger partial charge >= 0.3 is 0 Å². The molecule has 0 aromatic carbocycles. The van der Waals surface area contributed by atoms with Gasteiger partial charge in [-0.2, -0.15) is 5.26 Å². The average molecular weight is 402 g/mol. The number of nitrogens with zero attached hydrogens (tertiary/aromatic N) is 3. The third-order valence-electron chi connectivity index (χ3n) is 4.19. The molecule has 0 radical (unpaired) electrons. The molecule has 1 aliphatic carbocycles. The summed E-state index contributed by atoms with van der Waals surface area (Å²) in [6.07, 6.45) is 4.52. The number of hydrogen-bond acceptors (Lipinski definition) is 8. The van der Waals surface area contributed by atoms with Crippen LogP contribution in [0.1, 0.15) is 28.8 Å². The van der Waals surface area contributed by atoms with E-state index in [4.69, 9.17) is 11.0 Å². The van der Waals surface area contributed by atoms with Gasteiger partial charge in [0.15, 0.2) is 5.16 Å². The van der Waals surface area contributed by atoms with Gasteiger partial charge in [-0.15, -0.1) is 22.7 Å². The lowest BCUT2D eigenvalue weighted by Crippen LogP contribution is -2.14. The van der Waals surface area contributed by atoms with Crippen molar-refractivity contribution >= 4 is 61.4 Å². The van der Waals surface area contributed by atoms with Gasteiger partial charge in [0, 0.05) is 4.88 Å². The third kappa shape index (κ3) is 3.28. The fraction of sp³-hybridized carbons (Fsp3) is 0.294. The van der Waals surface area contributed by atoms with Gasteiger partial charge in [-0.25, -0.2) is 9.97 Å². The zero-order chi connectivity index (χ0) is 18.1. The molecule has 26 heavy (non-hydrogen) atoms. The number of rotatable bonds is 4. The fourth-order valence-corrected chi connectivity index (χ4v) is 5.75. The van der Waals surface area contributed by atoms with E-state index in [1.807, 2.05) is 0 Å². The van der Waals surface area contributed by atoms with Gasteiger partial charge in [-0.1, -0.05) is 11.8 Å². The smallest absolute Gasteiger partial charge is 0.235 e. The standard InChI is InChI=1S/C17H15N5OS3/c18-7-9-5-6-24-15(9)20-12(23)8-25-17-21-14(19)13-10-3-1-2-4-11(10)26-16(13)22-17/h5-6H,1-4,8H2,(H,20,23)(H2,19,21,22). The number of anilines is 2. The van der Waals surface area contributed by atoms with Gasteiger partial charge in [0.05, 0.1) is 16.7 Å². The van der Waals surface area contributed by atoms with Crippen LogP contribution < -0.4 is 11.1 Å². The molecule has 1 aliphatic rings. The van der Waals surface area contributed by atoms with Crippen LogP contribution in [0, 0.1) is 11.3 Å². The van der Waals surface area contributed by atoms with Gasteiger partial charge in [0.25, 0.3) is 0 Å². The molecule has 3 N–H and O–H groups in total. The summed E-state index contributed by atoms with van der Waals surface area (Å²) in [7, 11) is 0. The Kier molecular flexibility index (Phi) is 4.80. The molecule has 0 unspecified atom stereocenters. The first kappa shape index (κ1) is 17.3. The molecule has 3 aromatic rings. The van der Waals surface area contributed by atoms with Gasteiger partial charge in [-0.05, 0) is 42.7 Å². The van der Waals surface area contributed by atoms with Crippen LogP contribution in [-0.4, -0.2) is 21.6 Å². The number of thiophene rings is 2. The second kappa shape index (κ2) is 7.23. The topological polar surface area (TPSA) is 105 Å². The van der Waals surface area contributed by atoms with Crippen LogP contribution in [0.4, 0.5) is 10.8 Å². The summed E-state index contributed by atoms with van der Waals surface area (Å²) < 4.78 is 0. The monoisotopic (exact) mass is 401 g/mol. The number of nitrogens with two attached hydrogens (primary N) is 1. The fourth-order valence-electron chi connectivity index (χ4n) is 3.02. The van der Waals surface area contributed by atoms with E-state index in [2.05, 4.69) is 21.4 Å². The van der Waals surface area contributed by atoms with E-state index in [-0.39, 0.29) is 11.7 Å². The Labute approximate surface area is 162 Å². The third-order valence-corrected chi connectivity index (χ3v) is 7.06. The number of hydrogen-bond donors (Lipinski definition) is 2. The first-order valence-corrected chi connectivity index (χ1v) is 10.8. The van der Waals surface area contributed by atoms with Crippen LogP contribution in [0.5, 0.6) is 0 Å². The molecule has 132 valence electrons. The number of carbonyl (C=O) groups is 1. The van der Waals surface area contributed by atoms with Gasteiger partial charge in [-0.3, -0.25) is 4.79 Å². The van der Waals surface area contributed by atoms with Crippen LogP contribution in [-0.2, 0) is 17.6 Å². The SMILES string of the molecule is N#Cc1ccsc1NC(=O)CSc1nc(N)c2c3c(sc2n1)CCCC3. The Morgan fingerprint density at radius 3 is 3.08 bits per heavy atom. The predicted molar refractivity (Wildman–Crippen MR) is 107 cm³/mol. The number of aromatic nitrogens is 2. The number of amides is 1. The zero-order valence-corrected chi connectivity index (χ0v) is 16.2. The van der Waals surface area contributed by atoms with E-state index in [0.29, 0.717) is 21.5 Å². The maximum Gasteiger partial charge on any atom is 0.235 e. The van der Waals surface area contributed by atoms with E-state index in [1.54, 1.807) is 22.8 Å². The molecule has 3 aromatic heterocycles. The Bertz CT molecular complexity index is 1030. The van der Waals surface area contributed by atoms with Crippen molar-refractivity contribution < 1.29 is 4.79 Å². The second-order valence-electron chi connectivity index (χ2n) is 5.89. The number of aryl methyl sites for hydroxylation is 2. The van der Waals surface area contributed by atoms with Crippen molar-refractivity contribution in [3.63, 3.8) is 0 Å². The summed E-state index contributed by atoms with van der Waals surface area (Å²) >= 11 is 4.27. The first-order valence-electron chi connectivity index (χ1n) is 8.13. The minimum absolute atomic E-state index is 0.165. The Morgan fingerprint density at radius 2 is 2.23 bits per heavy atom. The summed E-state index contributed by atoms with van der Waals surface area (Å²) in [4.78, 5) is 23.4. The molecule has 0 saturated carbocycles. The molecular weight excluding hydrogens is 386 g/mol. The molecule has 0 aliphatic heterocycles. The molecule has 0 bridgehead atoms. The van der Waals surface area contributed by atoms with E-state index in [1.165, 1.54) is 46.4 Å². The molecule has 0 fully saturated rings. The molecular formula is C17H15N5OS3. The van der Waals surface area contributed by atoms with Crippen molar-refractivity contribution in [1.82, 2.24) is 9.97 Å². The highest BCUT2D eigenvalue weighted by atomic mass is 32.2. The molecule has 0 saturated heterocycles. The van der Waals surface area contributed by atoms with Crippen LogP contribution in [0.3, 0.4) is 0 Å². The largest absolute Gasteiger partial charge is 0.383 e. The van der Waals surface area contributed by atoms with Crippen molar-refractivity contribution in [3.8, 4) is 6.07 Å². The highest BCUT2D eigenvalue weighted by molar-refractivity contribution is 7.99. The van der Waals surface area contributed by atoms with Gasteiger partial charge in [0.1, 0.15) is 21.7 Å². The first-order chi connectivity index (χ1) is 12.7. The van der Waals surface area contributed by atoms with Crippen molar-refractivity contribution in [1.29, 1.82) is 5.26 Å². The number of nitrogens with one attached hydrogen (secondary N) is 1. The van der Waals surface area contributed by atoms with Crippen LogP contribution in [0.25, 0.3) is 10.2 Å². The van der Waals surface area contributed by atoms with Crippen molar-refractivity contribution in [2.75, 3.05) is 16.8 Å². The van der Waals surface area contributed by atoms with E-state index >= 15 is 0 Å². The highest BCUT2D eigenvalue weighted by Crippen LogP contribution is 2.38. The molecule has 0 spiro atoms. The van der Waals surface area contributed by atoms with Crippen molar-refractivity contribution in [3.05, 3.63) is 27.5 Å². The maximum atomic E-state index is 12.1. The van der Waals surface area contributed by atoms with E-state index in [9.17, 15) is 4.79 Å². The lowest BCUT2D eigenvalue weighted by molar-refractivity contribution is -0.113. The number of thioether (sulfide) groups is 1. The van der Waals surface area contributed by atoms with Crippen LogP contribution in [0.2, 0.25) is 0 Å². The molecule has 0 atom stereocenters. The van der Waals surface area contributed by atoms with Crippen LogP contribution >= 0.6 is 34.4 Å². The highest BCUT2D eigenvalue weighted by Gasteiger charge is 2.20. The summed E-state index contributed by atoms with van der Waals surface area (Å²) in [5.74, 6) is 0.475. The van der Waals surface area contributed by atoms with E-state index in [0.717, 1.165) is 23.1 Å². The van der Waals surface area contributed by atoms with Crippen molar-refractivity contribution in [2.45, 2.75) is 30.8 Å². The quantitative estimate of drug-likeness (QED) is 0.509. The number of carbonyl (C=O) groups excluding carboxylic acids is 1. The average Bonchev–Trinajstić information content (AvgIpc) is 3.23. The van der Waals surface area contributed by atoms with Crippen LogP contribution in [0.15, 0.2) is 16.6 Å². The molecule has 6 nitrogen and oxygen atoms in total. The lowest BCUT2D eigenvalue weighted by Gasteiger charge is -2.10. The summed E-state index contributed by atoms with van der Waals surface area (Å²) in [6.45, 7) is 0. The molecule has 4 rings (SSSR count). The Hall–Kier alpha value is -2.15. The predicted octanol–water partition coefficient (Wildman–Crippen LogP) is 3.82. The maximum absolute atomic E-state index is 12.1. The molecule has 1 amide bonds. The zero-order valence-electron chi connectivity index (χ0n) is 13.7. The van der Waals surface area contributed by atoms with Gasteiger partial charge in [0.2, 0.25) is 5.91 Å². The second-order valence-corrected chi connectivity index (χ2v) is 8.84. The molecule has 3 heterocycles. The number of fused-ring (bicyclic) bond motifs is 3. The normalized spacial score (nSPS) is 13.3. The lowest BCUT2D eigenvalue weighted by atomic mass is 9.97. The number of nitrogen functional groups attached to an aromatic ring is 1.